The van der Waals surface area contributed by atoms with Gasteiger partial charge in [-0.15, -0.1) is 0 Å². The van der Waals surface area contributed by atoms with Crippen LogP contribution < -0.4 is 0 Å². The van der Waals surface area contributed by atoms with Crippen molar-refractivity contribution in [3.8, 4) is 0 Å². The van der Waals surface area contributed by atoms with Crippen LogP contribution in [0.1, 0.15) is 37.4 Å². The highest BCUT2D eigenvalue weighted by molar-refractivity contribution is 6.35. The Morgan fingerprint density at radius 2 is 2.35 bits per heavy atom. The number of carbonyl (C=O) groups is 1. The van der Waals surface area contributed by atoms with Gasteiger partial charge in [-0.3, -0.25) is 4.79 Å². The van der Waals surface area contributed by atoms with Crippen molar-refractivity contribution in [2.24, 2.45) is 0 Å². The number of aromatic nitrogens is 1. The molecule has 2 heterocycles. The topological polar surface area (TPSA) is 62.3 Å². The third kappa shape index (κ3) is 2.89. The highest BCUT2D eigenvalue weighted by Gasteiger charge is 2.41. The van der Waals surface area contributed by atoms with Gasteiger partial charge in [-0.05, 0) is 37.8 Å². The van der Waals surface area contributed by atoms with Gasteiger partial charge in [-0.1, -0.05) is 35.9 Å². The Kier molecular flexibility index (Phi) is 4.46. The van der Waals surface area contributed by atoms with E-state index in [1.807, 2.05) is 37.3 Å². The predicted octanol–water partition coefficient (Wildman–Crippen LogP) is 4.42. The van der Waals surface area contributed by atoms with E-state index >= 15 is 0 Å². The van der Waals surface area contributed by atoms with Crippen LogP contribution in [0.25, 0.3) is 10.9 Å². The van der Waals surface area contributed by atoms with Gasteiger partial charge in [0, 0.05) is 5.39 Å². The van der Waals surface area contributed by atoms with Crippen molar-refractivity contribution in [3.05, 3.63) is 46.6 Å². The SMILES string of the molecule is CC=CCCC1(CC(=O)O)OCCc2c1[nH]c1c(Cl)cccc21. The summed E-state index contributed by atoms with van der Waals surface area (Å²) in [6.45, 7) is 2.48. The van der Waals surface area contributed by atoms with Crippen molar-refractivity contribution in [2.45, 2.75) is 38.2 Å². The van der Waals surface area contributed by atoms with Crippen molar-refractivity contribution in [3.63, 3.8) is 0 Å². The number of aliphatic carboxylic acids is 1. The molecule has 1 aliphatic heterocycles. The Labute approximate surface area is 140 Å². The first-order chi connectivity index (χ1) is 11.1. The molecular formula is C18H20ClNO3. The van der Waals surface area contributed by atoms with Crippen molar-refractivity contribution in [1.29, 1.82) is 0 Å². The van der Waals surface area contributed by atoms with Crippen LogP contribution in [-0.2, 0) is 21.6 Å². The molecule has 0 amide bonds. The smallest absolute Gasteiger partial charge is 0.306 e. The lowest BCUT2D eigenvalue weighted by atomic mass is 9.84. The maximum absolute atomic E-state index is 11.5. The molecule has 1 unspecified atom stereocenters. The van der Waals surface area contributed by atoms with Crippen molar-refractivity contribution in [1.82, 2.24) is 4.98 Å². The summed E-state index contributed by atoms with van der Waals surface area (Å²) in [7, 11) is 0. The number of fused-ring (bicyclic) bond motifs is 3. The fraction of sp³-hybridized carbons (Fsp3) is 0.389. The quantitative estimate of drug-likeness (QED) is 0.796. The van der Waals surface area contributed by atoms with Crippen LogP contribution in [-0.4, -0.2) is 22.7 Å². The van der Waals surface area contributed by atoms with Gasteiger partial charge >= 0.3 is 5.97 Å². The number of hydrogen-bond acceptors (Lipinski definition) is 2. The molecule has 0 bridgehead atoms. The van der Waals surface area contributed by atoms with Gasteiger partial charge in [0.1, 0.15) is 5.60 Å². The number of carboxylic acid groups (broad SMARTS) is 1. The summed E-state index contributed by atoms with van der Waals surface area (Å²) < 4.78 is 6.03. The first kappa shape index (κ1) is 16.1. The van der Waals surface area contributed by atoms with Gasteiger partial charge < -0.3 is 14.8 Å². The zero-order valence-electron chi connectivity index (χ0n) is 13.1. The van der Waals surface area contributed by atoms with E-state index in [9.17, 15) is 9.90 Å². The van der Waals surface area contributed by atoms with Gasteiger partial charge in [0.2, 0.25) is 0 Å². The highest BCUT2D eigenvalue weighted by atomic mass is 35.5. The number of H-pyrrole nitrogens is 1. The Morgan fingerprint density at radius 1 is 1.52 bits per heavy atom. The van der Waals surface area contributed by atoms with Gasteiger partial charge in [0.05, 0.1) is 29.3 Å². The monoisotopic (exact) mass is 333 g/mol. The van der Waals surface area contributed by atoms with E-state index in [-0.39, 0.29) is 6.42 Å². The molecule has 0 aliphatic carbocycles. The minimum absolute atomic E-state index is 0.0536. The summed E-state index contributed by atoms with van der Waals surface area (Å²) in [5.74, 6) is -0.858. The molecule has 0 saturated carbocycles. The number of ether oxygens (including phenoxy) is 1. The van der Waals surface area contributed by atoms with E-state index in [4.69, 9.17) is 16.3 Å². The minimum Gasteiger partial charge on any atom is -0.481 e. The summed E-state index contributed by atoms with van der Waals surface area (Å²) in [6.07, 6.45) is 6.12. The number of halogens is 1. The lowest BCUT2D eigenvalue weighted by Crippen LogP contribution is -2.37. The Morgan fingerprint density at radius 3 is 3.09 bits per heavy atom. The number of benzene rings is 1. The van der Waals surface area contributed by atoms with E-state index in [1.54, 1.807) is 0 Å². The molecular weight excluding hydrogens is 314 g/mol. The fourth-order valence-corrected chi connectivity index (χ4v) is 3.68. The number of allylic oxidation sites excluding steroid dienone is 2. The van der Waals surface area contributed by atoms with Crippen molar-refractivity contribution < 1.29 is 14.6 Å². The molecule has 23 heavy (non-hydrogen) atoms. The van der Waals surface area contributed by atoms with Crippen molar-refractivity contribution >= 4 is 28.5 Å². The molecule has 5 heteroatoms. The van der Waals surface area contributed by atoms with E-state index in [2.05, 4.69) is 4.98 Å². The minimum atomic E-state index is -0.858. The van der Waals surface area contributed by atoms with Crippen LogP contribution in [0.15, 0.2) is 30.4 Å². The molecule has 1 aromatic carbocycles. The third-order valence-electron chi connectivity index (χ3n) is 4.46. The molecule has 0 fully saturated rings. The van der Waals surface area contributed by atoms with Gasteiger partial charge in [0.25, 0.3) is 0 Å². The molecule has 0 saturated heterocycles. The fourth-order valence-electron chi connectivity index (χ4n) is 3.46. The van der Waals surface area contributed by atoms with E-state index in [0.29, 0.717) is 18.1 Å². The summed E-state index contributed by atoms with van der Waals surface area (Å²) in [5.41, 5.74) is 2.06. The highest BCUT2D eigenvalue weighted by Crippen LogP contribution is 2.43. The van der Waals surface area contributed by atoms with Crippen LogP contribution in [0, 0.1) is 0 Å². The van der Waals surface area contributed by atoms with E-state index < -0.39 is 11.6 Å². The van der Waals surface area contributed by atoms with E-state index in [0.717, 1.165) is 35.0 Å². The molecule has 0 spiro atoms. The van der Waals surface area contributed by atoms with E-state index in [1.165, 1.54) is 0 Å². The Bertz CT molecular complexity index is 765. The molecule has 1 atom stereocenters. The molecule has 3 rings (SSSR count). The zero-order valence-corrected chi connectivity index (χ0v) is 13.8. The summed E-state index contributed by atoms with van der Waals surface area (Å²) >= 11 is 6.30. The normalized spacial score (nSPS) is 21.0. The number of hydrogen-bond donors (Lipinski definition) is 2. The zero-order chi connectivity index (χ0) is 16.4. The number of nitrogens with one attached hydrogen (secondary N) is 1. The number of rotatable bonds is 5. The van der Waals surface area contributed by atoms with Crippen LogP contribution in [0.2, 0.25) is 5.02 Å². The predicted molar refractivity (Wildman–Crippen MR) is 90.9 cm³/mol. The molecule has 2 N–H and O–H groups in total. The second-order valence-electron chi connectivity index (χ2n) is 5.91. The molecule has 1 aromatic heterocycles. The second-order valence-corrected chi connectivity index (χ2v) is 6.32. The standard InChI is InChI=1S/C18H20ClNO3/c1-2-3-4-9-18(11-15(21)22)17-13(8-10-23-18)12-6-5-7-14(19)16(12)20-17/h2-3,5-7,20H,4,8-11H2,1H3,(H,21,22). The number of aromatic amines is 1. The lowest BCUT2D eigenvalue weighted by Gasteiger charge is -2.36. The first-order valence-corrected chi connectivity index (χ1v) is 8.21. The second kappa shape index (κ2) is 6.38. The average molecular weight is 334 g/mol. The lowest BCUT2D eigenvalue weighted by molar-refractivity contribution is -0.149. The summed E-state index contributed by atoms with van der Waals surface area (Å²) in [4.78, 5) is 14.8. The largest absolute Gasteiger partial charge is 0.481 e. The summed E-state index contributed by atoms with van der Waals surface area (Å²) in [5, 5.41) is 11.1. The molecule has 2 aromatic rings. The molecule has 4 nitrogen and oxygen atoms in total. The van der Waals surface area contributed by atoms with Crippen LogP contribution in [0.3, 0.4) is 0 Å². The van der Waals surface area contributed by atoms with Gasteiger partial charge in [-0.2, -0.15) is 0 Å². The Hall–Kier alpha value is -1.78. The van der Waals surface area contributed by atoms with Gasteiger partial charge in [0.15, 0.2) is 0 Å². The average Bonchev–Trinajstić information content (AvgIpc) is 2.89. The number of carboxylic acids is 1. The number of para-hydroxylation sites is 1. The van der Waals surface area contributed by atoms with Crippen molar-refractivity contribution in [2.75, 3.05) is 6.61 Å². The maximum Gasteiger partial charge on any atom is 0.306 e. The Balaban J connectivity index is 2.14. The molecule has 0 radical (unpaired) electrons. The van der Waals surface area contributed by atoms with Crippen LogP contribution >= 0.6 is 11.6 Å². The summed E-state index contributed by atoms with van der Waals surface area (Å²) in [6, 6.07) is 5.79. The third-order valence-corrected chi connectivity index (χ3v) is 4.78. The molecule has 1 aliphatic rings. The maximum atomic E-state index is 11.5. The molecule has 122 valence electrons. The van der Waals surface area contributed by atoms with Crippen LogP contribution in [0.4, 0.5) is 0 Å². The first-order valence-electron chi connectivity index (χ1n) is 7.84. The van der Waals surface area contributed by atoms with Crippen LogP contribution in [0.5, 0.6) is 0 Å². The van der Waals surface area contributed by atoms with Gasteiger partial charge in [-0.25, -0.2) is 0 Å².